The Morgan fingerprint density at radius 1 is 1.28 bits per heavy atom. The lowest BCUT2D eigenvalue weighted by Crippen LogP contribution is -2.64. The van der Waals surface area contributed by atoms with Gasteiger partial charge in [-0.15, -0.1) is 0 Å². The maximum absolute atomic E-state index is 9.34. The highest BCUT2D eigenvalue weighted by molar-refractivity contribution is 5.81. The maximum Gasteiger partial charge on any atom is 0.184 e. The van der Waals surface area contributed by atoms with Gasteiger partial charge in [0.15, 0.2) is 17.0 Å². The van der Waals surface area contributed by atoms with Crippen LogP contribution in [-0.2, 0) is 0 Å². The van der Waals surface area contributed by atoms with E-state index in [1.54, 1.807) is 11.0 Å². The molecule has 1 fully saturated rings. The summed E-state index contributed by atoms with van der Waals surface area (Å²) in [6.07, 6.45) is 2.99. The van der Waals surface area contributed by atoms with E-state index in [4.69, 9.17) is 10.8 Å². The zero-order valence-corrected chi connectivity index (χ0v) is 9.64. The molecule has 3 heterocycles. The summed E-state index contributed by atoms with van der Waals surface area (Å²) in [7, 11) is 0. The van der Waals surface area contributed by atoms with Crippen molar-refractivity contribution in [2.24, 2.45) is 5.92 Å². The van der Waals surface area contributed by atoms with E-state index in [1.165, 1.54) is 6.33 Å². The van der Waals surface area contributed by atoms with Crippen molar-refractivity contribution in [3.05, 3.63) is 12.7 Å². The molecule has 0 saturated carbocycles. The number of aliphatic hydroxyl groups excluding tert-OH is 2. The molecule has 1 aliphatic heterocycles. The Morgan fingerprint density at radius 3 is 2.83 bits per heavy atom. The maximum atomic E-state index is 9.34. The number of nitrogens with two attached hydrogens (primary N) is 1. The fourth-order valence-electron chi connectivity index (χ4n) is 2.30. The minimum absolute atomic E-state index is 0.0224. The van der Waals surface area contributed by atoms with Gasteiger partial charge >= 0.3 is 0 Å². The van der Waals surface area contributed by atoms with Gasteiger partial charge in [0.25, 0.3) is 0 Å². The number of aromatic nitrogens is 4. The lowest BCUT2D eigenvalue weighted by molar-refractivity contribution is 0.0900. The summed E-state index contributed by atoms with van der Waals surface area (Å²) in [5.74, 6) is 0.408. The Labute approximate surface area is 103 Å². The molecular weight excluding hydrogens is 236 g/mol. The van der Waals surface area contributed by atoms with Crippen LogP contribution in [0.15, 0.2) is 12.7 Å². The standard InChI is InChI=1S/C10H14N6O2/c11-9-8-10(13-4-12-9)16(5-14-8)15-1-6(2-17)7(15)3-18/h4-7,17-18H,1-3H2,(H2,11,12,13). The van der Waals surface area contributed by atoms with Crippen LogP contribution in [0.3, 0.4) is 0 Å². The van der Waals surface area contributed by atoms with Gasteiger partial charge in [0.2, 0.25) is 0 Å². The van der Waals surface area contributed by atoms with Crippen LogP contribution >= 0.6 is 0 Å². The molecule has 1 saturated heterocycles. The van der Waals surface area contributed by atoms with E-state index < -0.39 is 0 Å². The average molecular weight is 250 g/mol. The van der Waals surface area contributed by atoms with Crippen LogP contribution in [0.5, 0.6) is 0 Å². The molecule has 0 radical (unpaired) electrons. The van der Waals surface area contributed by atoms with E-state index in [0.717, 1.165) is 0 Å². The molecule has 96 valence electrons. The SMILES string of the molecule is Nc1ncnc2c1ncn2N1CC(CO)C1CO. The Bertz CT molecular complexity index is 570. The molecule has 0 aromatic carbocycles. The first-order chi connectivity index (χ1) is 8.76. The number of fused-ring (bicyclic) bond motifs is 1. The topological polar surface area (TPSA) is 113 Å². The van der Waals surface area contributed by atoms with Crippen molar-refractivity contribution in [2.75, 3.05) is 30.5 Å². The highest BCUT2D eigenvalue weighted by Gasteiger charge is 2.39. The molecule has 2 unspecified atom stereocenters. The number of imidazole rings is 1. The van der Waals surface area contributed by atoms with Crippen molar-refractivity contribution in [1.29, 1.82) is 0 Å². The van der Waals surface area contributed by atoms with E-state index in [2.05, 4.69) is 15.0 Å². The lowest BCUT2D eigenvalue weighted by atomic mass is 9.92. The monoisotopic (exact) mass is 250 g/mol. The van der Waals surface area contributed by atoms with Gasteiger partial charge in [-0.3, -0.25) is 0 Å². The van der Waals surface area contributed by atoms with Crippen LogP contribution in [0.2, 0.25) is 0 Å². The summed E-state index contributed by atoms with van der Waals surface area (Å²) in [6, 6.07) is -0.122. The molecule has 0 spiro atoms. The van der Waals surface area contributed by atoms with Crippen molar-refractivity contribution in [3.63, 3.8) is 0 Å². The Hall–Kier alpha value is -1.93. The van der Waals surface area contributed by atoms with Gasteiger partial charge < -0.3 is 21.0 Å². The lowest BCUT2D eigenvalue weighted by Gasteiger charge is -2.47. The number of hydrogen-bond donors (Lipinski definition) is 3. The third-order valence-corrected chi connectivity index (χ3v) is 3.39. The third kappa shape index (κ3) is 1.42. The number of rotatable bonds is 3. The molecule has 2 aromatic heterocycles. The van der Waals surface area contributed by atoms with Gasteiger partial charge in [-0.25, -0.2) is 19.6 Å². The Morgan fingerprint density at radius 2 is 2.11 bits per heavy atom. The van der Waals surface area contributed by atoms with Crippen molar-refractivity contribution in [2.45, 2.75) is 6.04 Å². The van der Waals surface area contributed by atoms with Crippen molar-refractivity contribution in [1.82, 2.24) is 19.6 Å². The molecule has 1 aliphatic rings. The number of nitrogen functional groups attached to an aromatic ring is 1. The van der Waals surface area contributed by atoms with E-state index in [1.807, 2.05) is 5.01 Å². The third-order valence-electron chi connectivity index (χ3n) is 3.39. The Balaban J connectivity index is 1.99. The van der Waals surface area contributed by atoms with Crippen LogP contribution in [0.25, 0.3) is 11.2 Å². The minimum Gasteiger partial charge on any atom is -0.396 e. The molecule has 4 N–H and O–H groups in total. The molecule has 2 atom stereocenters. The Kier molecular flexibility index (Phi) is 2.53. The summed E-state index contributed by atoms with van der Waals surface area (Å²) >= 11 is 0. The van der Waals surface area contributed by atoms with Gasteiger partial charge in [0.05, 0.1) is 12.6 Å². The van der Waals surface area contributed by atoms with Crippen molar-refractivity contribution >= 4 is 17.0 Å². The highest BCUT2D eigenvalue weighted by Crippen LogP contribution is 2.25. The zero-order chi connectivity index (χ0) is 12.7. The van der Waals surface area contributed by atoms with Gasteiger partial charge in [-0.2, -0.15) is 0 Å². The summed E-state index contributed by atoms with van der Waals surface area (Å²) < 4.78 is 1.75. The zero-order valence-electron chi connectivity index (χ0n) is 9.64. The van der Waals surface area contributed by atoms with Gasteiger partial charge in [-0.1, -0.05) is 0 Å². The first kappa shape index (κ1) is 11.2. The average Bonchev–Trinajstić information content (AvgIpc) is 2.75. The molecule has 3 rings (SSSR count). The fourth-order valence-corrected chi connectivity index (χ4v) is 2.30. The normalized spacial score (nSPS) is 23.3. The van der Waals surface area contributed by atoms with Crippen molar-refractivity contribution < 1.29 is 10.2 Å². The fraction of sp³-hybridized carbons (Fsp3) is 0.500. The first-order valence-corrected chi connectivity index (χ1v) is 5.68. The number of aliphatic hydroxyl groups is 2. The van der Waals surface area contributed by atoms with Crippen LogP contribution < -0.4 is 10.7 Å². The van der Waals surface area contributed by atoms with Gasteiger partial charge in [0.1, 0.15) is 12.7 Å². The minimum atomic E-state index is -0.122. The molecule has 0 aliphatic carbocycles. The van der Waals surface area contributed by atoms with Crippen LogP contribution in [-0.4, -0.2) is 55.6 Å². The summed E-state index contributed by atoms with van der Waals surface area (Å²) in [6.45, 7) is 0.689. The molecular formula is C10H14N6O2. The predicted molar refractivity (Wildman–Crippen MR) is 64.3 cm³/mol. The second kappa shape index (κ2) is 4.07. The molecule has 0 amide bonds. The number of anilines is 1. The van der Waals surface area contributed by atoms with Crippen molar-refractivity contribution in [3.8, 4) is 0 Å². The van der Waals surface area contributed by atoms with Gasteiger partial charge in [-0.05, 0) is 0 Å². The van der Waals surface area contributed by atoms with E-state index in [9.17, 15) is 5.11 Å². The molecule has 8 nitrogen and oxygen atoms in total. The van der Waals surface area contributed by atoms with Gasteiger partial charge in [0, 0.05) is 19.1 Å². The van der Waals surface area contributed by atoms with E-state index in [0.29, 0.717) is 23.5 Å². The highest BCUT2D eigenvalue weighted by atomic mass is 16.3. The van der Waals surface area contributed by atoms with E-state index >= 15 is 0 Å². The summed E-state index contributed by atoms with van der Waals surface area (Å²) in [4.78, 5) is 12.2. The quantitative estimate of drug-likeness (QED) is 0.596. The summed E-state index contributed by atoms with van der Waals surface area (Å²) in [5.41, 5.74) is 6.87. The van der Waals surface area contributed by atoms with Crippen LogP contribution in [0.4, 0.5) is 5.82 Å². The second-order valence-electron chi connectivity index (χ2n) is 4.33. The van der Waals surface area contributed by atoms with Crippen LogP contribution in [0, 0.1) is 5.92 Å². The molecule has 8 heteroatoms. The second-order valence-corrected chi connectivity index (χ2v) is 4.33. The largest absolute Gasteiger partial charge is 0.396 e. The first-order valence-electron chi connectivity index (χ1n) is 5.68. The molecule has 0 bridgehead atoms. The predicted octanol–water partition coefficient (Wildman–Crippen LogP) is -1.67. The molecule has 18 heavy (non-hydrogen) atoms. The number of nitrogens with zero attached hydrogens (tertiary/aromatic N) is 5. The van der Waals surface area contributed by atoms with E-state index in [-0.39, 0.29) is 25.2 Å². The smallest absolute Gasteiger partial charge is 0.184 e. The molecule has 2 aromatic rings. The summed E-state index contributed by atoms with van der Waals surface area (Å²) in [5, 5.41) is 20.4. The number of hydrogen-bond acceptors (Lipinski definition) is 7. The van der Waals surface area contributed by atoms with Crippen LogP contribution in [0.1, 0.15) is 0 Å².